The van der Waals surface area contributed by atoms with Crippen molar-refractivity contribution in [1.82, 2.24) is 14.2 Å². The van der Waals surface area contributed by atoms with Crippen LogP contribution in [0, 0.1) is 11.3 Å². The molecule has 0 atom stereocenters. The minimum absolute atomic E-state index is 0.207. The Morgan fingerprint density at radius 2 is 1.94 bits per heavy atom. The monoisotopic (exact) mass is 446 g/mol. The lowest BCUT2D eigenvalue weighted by atomic mass is 10.1. The molecule has 0 amide bonds. The van der Waals surface area contributed by atoms with Gasteiger partial charge in [0.2, 0.25) is 5.76 Å². The van der Waals surface area contributed by atoms with E-state index in [0.717, 1.165) is 61.5 Å². The molecule has 0 unspecified atom stereocenters. The summed E-state index contributed by atoms with van der Waals surface area (Å²) in [5, 5.41) is 18.5. The van der Waals surface area contributed by atoms with Crippen LogP contribution in [-0.4, -0.2) is 58.0 Å². The van der Waals surface area contributed by atoms with Crippen molar-refractivity contribution in [3.8, 4) is 6.07 Å². The first-order valence-electron chi connectivity index (χ1n) is 11.0. The van der Waals surface area contributed by atoms with Crippen LogP contribution in [0.15, 0.2) is 51.8 Å². The Balaban J connectivity index is 1.39. The maximum Gasteiger partial charge on any atom is 0.341 e. The number of nitriles is 1. The molecule has 170 valence electrons. The summed E-state index contributed by atoms with van der Waals surface area (Å²) in [6, 6.07) is 10.8. The second-order valence-corrected chi connectivity index (χ2v) is 8.09. The fourth-order valence-corrected chi connectivity index (χ4v) is 4.20. The van der Waals surface area contributed by atoms with Crippen LogP contribution in [0.4, 0.5) is 0 Å². The molecule has 1 N–H and O–H groups in total. The van der Waals surface area contributed by atoms with Crippen molar-refractivity contribution in [2.24, 2.45) is 0 Å². The van der Waals surface area contributed by atoms with Gasteiger partial charge in [0.05, 0.1) is 5.52 Å². The summed E-state index contributed by atoms with van der Waals surface area (Å²) in [5.41, 5.74) is 1.88. The van der Waals surface area contributed by atoms with E-state index >= 15 is 0 Å². The van der Waals surface area contributed by atoms with Gasteiger partial charge in [-0.3, -0.25) is 19.0 Å². The third kappa shape index (κ3) is 4.90. The first-order chi connectivity index (χ1) is 16.0. The SMILES string of the molecule is CCc1cc(C#N)oc1/C=C\CN1CCN(Cc2cc(C(=O)O)c(=O)n3ccccc23)CC1. The van der Waals surface area contributed by atoms with Crippen molar-refractivity contribution in [3.63, 3.8) is 0 Å². The zero-order valence-corrected chi connectivity index (χ0v) is 18.5. The summed E-state index contributed by atoms with van der Waals surface area (Å²) < 4.78 is 6.97. The molecule has 8 heteroatoms. The van der Waals surface area contributed by atoms with E-state index in [0.29, 0.717) is 12.3 Å². The smallest absolute Gasteiger partial charge is 0.341 e. The molecular formula is C25H26N4O4. The second-order valence-electron chi connectivity index (χ2n) is 8.09. The van der Waals surface area contributed by atoms with E-state index in [9.17, 15) is 14.7 Å². The van der Waals surface area contributed by atoms with Gasteiger partial charge in [0.1, 0.15) is 17.4 Å². The summed E-state index contributed by atoms with van der Waals surface area (Å²) in [6.07, 6.45) is 6.42. The molecule has 3 aromatic rings. The molecule has 3 aromatic heterocycles. The van der Waals surface area contributed by atoms with Gasteiger partial charge >= 0.3 is 5.97 Å². The van der Waals surface area contributed by atoms with Gasteiger partial charge in [-0.25, -0.2) is 4.79 Å². The quantitative estimate of drug-likeness (QED) is 0.595. The van der Waals surface area contributed by atoms with Gasteiger partial charge in [-0.05, 0) is 47.9 Å². The van der Waals surface area contributed by atoms with E-state index in [2.05, 4.69) is 15.9 Å². The first kappa shape index (κ1) is 22.5. The number of carbonyl (C=O) groups is 1. The highest BCUT2D eigenvalue weighted by molar-refractivity contribution is 5.88. The highest BCUT2D eigenvalue weighted by Gasteiger charge is 2.20. The fourth-order valence-electron chi connectivity index (χ4n) is 4.20. The summed E-state index contributed by atoms with van der Waals surface area (Å²) in [7, 11) is 0. The number of fused-ring (bicyclic) bond motifs is 1. The van der Waals surface area contributed by atoms with E-state index in [4.69, 9.17) is 9.68 Å². The van der Waals surface area contributed by atoms with Crippen LogP contribution in [0.1, 0.15) is 39.9 Å². The molecule has 0 radical (unpaired) electrons. The molecule has 0 saturated carbocycles. The number of carboxylic acid groups (broad SMARTS) is 1. The van der Waals surface area contributed by atoms with Crippen LogP contribution in [0.5, 0.6) is 0 Å². The maximum absolute atomic E-state index is 12.5. The molecule has 0 spiro atoms. The lowest BCUT2D eigenvalue weighted by Gasteiger charge is -2.34. The van der Waals surface area contributed by atoms with Gasteiger partial charge in [-0.1, -0.05) is 19.1 Å². The summed E-state index contributed by atoms with van der Waals surface area (Å²) in [4.78, 5) is 28.6. The molecule has 0 bridgehead atoms. The third-order valence-corrected chi connectivity index (χ3v) is 6.01. The molecule has 0 aliphatic carbocycles. The van der Waals surface area contributed by atoms with Crippen molar-refractivity contribution in [2.45, 2.75) is 19.9 Å². The van der Waals surface area contributed by atoms with Crippen LogP contribution >= 0.6 is 0 Å². The fraction of sp³-hybridized carbons (Fsp3) is 0.320. The number of pyridine rings is 2. The number of nitrogens with zero attached hydrogens (tertiary/aromatic N) is 4. The summed E-state index contributed by atoms with van der Waals surface area (Å²) >= 11 is 0. The van der Waals surface area contributed by atoms with E-state index < -0.39 is 11.5 Å². The van der Waals surface area contributed by atoms with Gasteiger partial charge in [0.15, 0.2) is 0 Å². The Hall–Kier alpha value is -3.67. The number of rotatable bonds is 7. The van der Waals surface area contributed by atoms with Crippen molar-refractivity contribution in [3.05, 3.63) is 81.2 Å². The summed E-state index contributed by atoms with van der Waals surface area (Å²) in [6.45, 7) is 6.84. The lowest BCUT2D eigenvalue weighted by molar-refractivity contribution is 0.0694. The number of aromatic nitrogens is 1. The molecule has 1 aliphatic heterocycles. The number of aromatic carboxylic acids is 1. The molecule has 1 fully saturated rings. The first-order valence-corrected chi connectivity index (χ1v) is 11.0. The van der Waals surface area contributed by atoms with Crippen molar-refractivity contribution in [1.29, 1.82) is 5.26 Å². The Labute approximate surface area is 191 Å². The van der Waals surface area contributed by atoms with Crippen molar-refractivity contribution < 1.29 is 14.3 Å². The summed E-state index contributed by atoms with van der Waals surface area (Å²) in [5.74, 6) is -0.129. The van der Waals surface area contributed by atoms with Crippen LogP contribution < -0.4 is 5.56 Å². The zero-order chi connectivity index (χ0) is 23.4. The number of furan rings is 1. The standard InChI is InChI=1S/C25H26N4O4/c1-2-18-14-20(16-26)33-23(18)7-5-8-27-10-12-28(13-11-27)17-19-15-21(25(31)32)24(30)29-9-4-3-6-22(19)29/h3-7,9,14-15H,2,8,10-13,17H2,1H3,(H,31,32)/b7-5-. The molecule has 33 heavy (non-hydrogen) atoms. The molecule has 1 aliphatic rings. The topological polar surface area (TPSA) is 102 Å². The van der Waals surface area contributed by atoms with E-state index in [1.54, 1.807) is 18.3 Å². The molecule has 0 aromatic carbocycles. The highest BCUT2D eigenvalue weighted by Crippen LogP contribution is 2.18. The number of hydrogen-bond acceptors (Lipinski definition) is 6. The maximum atomic E-state index is 12.5. The Bertz CT molecular complexity index is 1290. The third-order valence-electron chi connectivity index (χ3n) is 6.01. The Morgan fingerprint density at radius 3 is 2.64 bits per heavy atom. The largest absolute Gasteiger partial charge is 0.477 e. The van der Waals surface area contributed by atoms with E-state index in [-0.39, 0.29) is 5.56 Å². The van der Waals surface area contributed by atoms with Gasteiger partial charge in [-0.2, -0.15) is 5.26 Å². The molecule has 4 heterocycles. The van der Waals surface area contributed by atoms with Crippen LogP contribution in [0.25, 0.3) is 11.6 Å². The molecular weight excluding hydrogens is 420 g/mol. The molecule has 8 nitrogen and oxygen atoms in total. The van der Waals surface area contributed by atoms with Gasteiger partial charge < -0.3 is 9.52 Å². The minimum Gasteiger partial charge on any atom is -0.477 e. The second kappa shape index (κ2) is 9.86. The van der Waals surface area contributed by atoms with Crippen molar-refractivity contribution >= 4 is 17.6 Å². The number of carboxylic acids is 1. The number of hydrogen-bond donors (Lipinski definition) is 1. The lowest BCUT2D eigenvalue weighted by Crippen LogP contribution is -2.45. The highest BCUT2D eigenvalue weighted by atomic mass is 16.4. The van der Waals surface area contributed by atoms with E-state index in [1.165, 1.54) is 10.5 Å². The number of piperazine rings is 1. The Morgan fingerprint density at radius 1 is 1.18 bits per heavy atom. The van der Waals surface area contributed by atoms with Gasteiger partial charge in [0, 0.05) is 45.5 Å². The molecule has 4 rings (SSSR count). The minimum atomic E-state index is -1.21. The Kier molecular flexibility index (Phi) is 6.73. The van der Waals surface area contributed by atoms with E-state index in [1.807, 2.05) is 31.2 Å². The van der Waals surface area contributed by atoms with Crippen LogP contribution in [-0.2, 0) is 13.0 Å². The normalized spacial score (nSPS) is 15.3. The van der Waals surface area contributed by atoms with Crippen LogP contribution in [0.3, 0.4) is 0 Å². The number of aryl methyl sites for hydroxylation is 1. The predicted octanol–water partition coefficient (Wildman–Crippen LogP) is 2.86. The van der Waals surface area contributed by atoms with Gasteiger partial charge in [-0.15, -0.1) is 0 Å². The van der Waals surface area contributed by atoms with Crippen LogP contribution in [0.2, 0.25) is 0 Å². The zero-order valence-electron chi connectivity index (χ0n) is 18.5. The van der Waals surface area contributed by atoms with Crippen molar-refractivity contribution in [2.75, 3.05) is 32.7 Å². The molecule has 1 saturated heterocycles. The average Bonchev–Trinajstić information content (AvgIpc) is 3.24. The predicted molar refractivity (Wildman–Crippen MR) is 124 cm³/mol. The van der Waals surface area contributed by atoms with Gasteiger partial charge in [0.25, 0.3) is 5.56 Å². The average molecular weight is 447 g/mol.